The van der Waals surface area contributed by atoms with E-state index in [0.717, 1.165) is 0 Å². The Morgan fingerprint density at radius 1 is 1.88 bits per heavy atom. The number of cyclic esters (lactones) is 1. The molecule has 1 atom stereocenters. The van der Waals surface area contributed by atoms with Crippen LogP contribution < -0.4 is 0 Å². The van der Waals surface area contributed by atoms with Gasteiger partial charge in [0.2, 0.25) is 0 Å². The van der Waals surface area contributed by atoms with Gasteiger partial charge in [-0.05, 0) is 6.08 Å². The molecular formula is C5H6O3. The number of ether oxygens (including phenoxy) is 1. The minimum Gasteiger partial charge on any atom is -0.434 e. The highest BCUT2D eigenvalue weighted by Gasteiger charge is 2.19. The highest BCUT2D eigenvalue weighted by atomic mass is 16.5. The van der Waals surface area contributed by atoms with Gasteiger partial charge < -0.3 is 9.84 Å². The van der Waals surface area contributed by atoms with Crippen LogP contribution in [0.4, 0.5) is 0 Å². The zero-order valence-electron chi connectivity index (χ0n) is 4.20. The molecule has 1 aliphatic rings. The lowest BCUT2D eigenvalue weighted by atomic mass is 10.2. The molecule has 1 N–H and O–H groups in total. The van der Waals surface area contributed by atoms with Crippen LogP contribution in [0.2, 0.25) is 0 Å². The fraction of sp³-hybridized carbons (Fsp3) is 0.400. The van der Waals surface area contributed by atoms with Crippen LogP contribution in [0.15, 0.2) is 12.3 Å². The topological polar surface area (TPSA) is 46.5 Å². The zero-order valence-corrected chi connectivity index (χ0v) is 4.20. The fourth-order valence-electron chi connectivity index (χ4n) is 0.503. The fourth-order valence-corrected chi connectivity index (χ4v) is 0.503. The highest BCUT2D eigenvalue weighted by Crippen LogP contribution is 2.07. The molecule has 1 aliphatic heterocycles. The lowest BCUT2D eigenvalue weighted by Crippen LogP contribution is -2.11. The summed E-state index contributed by atoms with van der Waals surface area (Å²) in [5.74, 6) is -0.789. The summed E-state index contributed by atoms with van der Waals surface area (Å²) < 4.78 is 4.38. The molecule has 0 spiro atoms. The molecule has 0 aliphatic carbocycles. The average Bonchev–Trinajstić information content (AvgIpc) is 2.14. The molecule has 0 saturated carbocycles. The molecular weight excluding hydrogens is 108 g/mol. The molecule has 0 radical (unpaired) electrons. The van der Waals surface area contributed by atoms with E-state index in [4.69, 9.17) is 5.11 Å². The molecule has 1 heterocycles. The third-order valence-corrected chi connectivity index (χ3v) is 0.995. The Bertz CT molecular complexity index is 128. The first-order valence-electron chi connectivity index (χ1n) is 2.32. The normalized spacial score (nSPS) is 26.1. The van der Waals surface area contributed by atoms with E-state index in [1.165, 1.54) is 12.3 Å². The highest BCUT2D eigenvalue weighted by molar-refractivity contribution is 5.77. The number of aliphatic hydroxyl groups excluding tert-OH is 1. The first-order chi connectivity index (χ1) is 3.84. The Kier molecular flexibility index (Phi) is 1.30. The number of esters is 1. The quantitative estimate of drug-likeness (QED) is 0.474. The Balaban J connectivity index is 2.53. The Morgan fingerprint density at radius 2 is 2.62 bits per heavy atom. The van der Waals surface area contributed by atoms with Crippen molar-refractivity contribution in [1.29, 1.82) is 0 Å². The molecule has 0 aromatic carbocycles. The van der Waals surface area contributed by atoms with Crippen LogP contribution in [0.3, 0.4) is 0 Å². The van der Waals surface area contributed by atoms with E-state index < -0.39 is 5.92 Å². The van der Waals surface area contributed by atoms with Crippen LogP contribution in [0, 0.1) is 5.92 Å². The number of carbonyl (C=O) groups excluding carboxylic acids is 1. The third-order valence-electron chi connectivity index (χ3n) is 0.995. The molecule has 0 saturated heterocycles. The predicted octanol–water partition coefficient (Wildman–Crippen LogP) is -0.335. The van der Waals surface area contributed by atoms with Crippen LogP contribution in [0.1, 0.15) is 0 Å². The van der Waals surface area contributed by atoms with Crippen molar-refractivity contribution in [2.45, 2.75) is 0 Å². The lowest BCUT2D eigenvalue weighted by molar-refractivity contribution is -0.139. The number of carbonyl (C=O) groups is 1. The summed E-state index contributed by atoms with van der Waals surface area (Å²) in [6, 6.07) is 0. The summed E-state index contributed by atoms with van der Waals surface area (Å²) in [6.07, 6.45) is 2.82. The molecule has 0 fully saturated rings. The Hall–Kier alpha value is -0.830. The second kappa shape index (κ2) is 1.96. The van der Waals surface area contributed by atoms with Crippen molar-refractivity contribution < 1.29 is 14.6 Å². The van der Waals surface area contributed by atoms with E-state index in [2.05, 4.69) is 4.74 Å². The van der Waals surface area contributed by atoms with Gasteiger partial charge in [0.15, 0.2) is 0 Å². The zero-order chi connectivity index (χ0) is 5.98. The average molecular weight is 114 g/mol. The molecule has 0 amide bonds. The van der Waals surface area contributed by atoms with Crippen molar-refractivity contribution >= 4 is 5.97 Å². The SMILES string of the molecule is O=C1OC=CC1CO. The van der Waals surface area contributed by atoms with E-state index in [1.54, 1.807) is 0 Å². The van der Waals surface area contributed by atoms with Gasteiger partial charge in [0.05, 0.1) is 12.9 Å². The van der Waals surface area contributed by atoms with Crippen molar-refractivity contribution in [1.82, 2.24) is 0 Å². The maximum Gasteiger partial charge on any atom is 0.320 e. The molecule has 1 unspecified atom stereocenters. The van der Waals surface area contributed by atoms with Gasteiger partial charge in [0.1, 0.15) is 5.92 Å². The second-order valence-corrected chi connectivity index (χ2v) is 1.55. The molecule has 0 aromatic rings. The first kappa shape index (κ1) is 5.31. The summed E-state index contributed by atoms with van der Waals surface area (Å²) in [6.45, 7) is -0.157. The maximum atomic E-state index is 10.4. The van der Waals surface area contributed by atoms with Crippen molar-refractivity contribution in [3.05, 3.63) is 12.3 Å². The van der Waals surface area contributed by atoms with Crippen LogP contribution in [0.25, 0.3) is 0 Å². The van der Waals surface area contributed by atoms with Crippen molar-refractivity contribution in [2.75, 3.05) is 6.61 Å². The number of hydrogen-bond donors (Lipinski definition) is 1. The molecule has 3 nitrogen and oxygen atoms in total. The van der Waals surface area contributed by atoms with E-state index in [-0.39, 0.29) is 12.6 Å². The molecule has 8 heavy (non-hydrogen) atoms. The van der Waals surface area contributed by atoms with Gasteiger partial charge in [-0.15, -0.1) is 0 Å². The molecule has 0 aromatic heterocycles. The molecule has 1 rings (SSSR count). The van der Waals surface area contributed by atoms with Crippen LogP contribution in [0.5, 0.6) is 0 Å². The van der Waals surface area contributed by atoms with Gasteiger partial charge in [0, 0.05) is 0 Å². The van der Waals surface area contributed by atoms with E-state index >= 15 is 0 Å². The number of rotatable bonds is 1. The number of aliphatic hydroxyl groups is 1. The third kappa shape index (κ3) is 0.721. The smallest absolute Gasteiger partial charge is 0.320 e. The molecule has 3 heteroatoms. The Morgan fingerprint density at radius 3 is 2.88 bits per heavy atom. The second-order valence-electron chi connectivity index (χ2n) is 1.55. The summed E-state index contributed by atoms with van der Waals surface area (Å²) in [7, 11) is 0. The monoisotopic (exact) mass is 114 g/mol. The maximum absolute atomic E-state index is 10.4. The summed E-state index contributed by atoms with van der Waals surface area (Å²) >= 11 is 0. The van der Waals surface area contributed by atoms with E-state index in [9.17, 15) is 4.79 Å². The van der Waals surface area contributed by atoms with E-state index in [1.807, 2.05) is 0 Å². The van der Waals surface area contributed by atoms with Gasteiger partial charge in [-0.1, -0.05) is 0 Å². The summed E-state index contributed by atoms with van der Waals surface area (Å²) in [5, 5.41) is 8.38. The summed E-state index contributed by atoms with van der Waals surface area (Å²) in [5.41, 5.74) is 0. The number of hydrogen-bond acceptors (Lipinski definition) is 3. The van der Waals surface area contributed by atoms with Crippen molar-refractivity contribution in [3.8, 4) is 0 Å². The lowest BCUT2D eigenvalue weighted by Gasteiger charge is -1.94. The largest absolute Gasteiger partial charge is 0.434 e. The van der Waals surface area contributed by atoms with E-state index in [0.29, 0.717) is 0 Å². The minimum absolute atomic E-state index is 0.157. The van der Waals surface area contributed by atoms with Crippen LogP contribution >= 0.6 is 0 Å². The van der Waals surface area contributed by atoms with Gasteiger partial charge in [-0.25, -0.2) is 0 Å². The van der Waals surface area contributed by atoms with Gasteiger partial charge in [-0.2, -0.15) is 0 Å². The summed E-state index contributed by atoms with van der Waals surface area (Å²) in [4.78, 5) is 10.4. The van der Waals surface area contributed by atoms with Crippen molar-refractivity contribution in [2.24, 2.45) is 5.92 Å². The Labute approximate surface area is 46.6 Å². The minimum atomic E-state index is -0.421. The molecule has 0 bridgehead atoms. The predicted molar refractivity (Wildman–Crippen MR) is 25.8 cm³/mol. The van der Waals surface area contributed by atoms with Crippen LogP contribution in [-0.4, -0.2) is 17.7 Å². The molecule has 44 valence electrons. The first-order valence-corrected chi connectivity index (χ1v) is 2.32. The van der Waals surface area contributed by atoms with Gasteiger partial charge >= 0.3 is 5.97 Å². The standard InChI is InChI=1S/C5H6O3/c6-3-4-1-2-8-5(4)7/h1-2,4,6H,3H2. The van der Waals surface area contributed by atoms with Crippen LogP contribution in [-0.2, 0) is 9.53 Å². The van der Waals surface area contributed by atoms with Gasteiger partial charge in [-0.3, -0.25) is 4.79 Å². The van der Waals surface area contributed by atoms with Gasteiger partial charge in [0.25, 0.3) is 0 Å². The van der Waals surface area contributed by atoms with Crippen molar-refractivity contribution in [3.63, 3.8) is 0 Å².